The highest BCUT2D eigenvalue weighted by molar-refractivity contribution is 7.11. The Labute approximate surface area is 202 Å². The second-order valence-electron chi connectivity index (χ2n) is 9.00. The average molecular weight is 467 g/mol. The van der Waals surface area contributed by atoms with Gasteiger partial charge in [-0.05, 0) is 79.0 Å². The summed E-state index contributed by atoms with van der Waals surface area (Å²) in [5.74, 6) is 0.707. The average Bonchev–Trinajstić information content (AvgIpc) is 3.66. The van der Waals surface area contributed by atoms with Crippen molar-refractivity contribution in [3.8, 4) is 16.9 Å². The van der Waals surface area contributed by atoms with Crippen LogP contribution in [0.3, 0.4) is 0 Å². The van der Waals surface area contributed by atoms with Crippen LogP contribution in [0.2, 0.25) is 0 Å². The minimum atomic E-state index is 0.707. The molecule has 0 aliphatic heterocycles. The van der Waals surface area contributed by atoms with Crippen LogP contribution >= 0.6 is 11.3 Å². The molecule has 5 aromatic rings. The summed E-state index contributed by atoms with van der Waals surface area (Å²) in [5.41, 5.74) is 7.39. The molecule has 1 N–H and O–H groups in total. The third kappa shape index (κ3) is 4.56. The molecular weight excluding hydrogens is 440 g/mol. The second-order valence-corrected chi connectivity index (χ2v) is 10.2. The largest absolute Gasteiger partial charge is 0.249 e. The zero-order chi connectivity index (χ0) is 22.7. The van der Waals surface area contributed by atoms with Crippen molar-refractivity contribution >= 4 is 11.3 Å². The summed E-state index contributed by atoms with van der Waals surface area (Å²) in [6.07, 6.45) is 14.3. The van der Waals surface area contributed by atoms with Crippen molar-refractivity contribution in [2.75, 3.05) is 0 Å². The lowest BCUT2D eigenvalue weighted by atomic mass is 9.81. The molecule has 34 heavy (non-hydrogen) atoms. The van der Waals surface area contributed by atoms with E-state index < -0.39 is 0 Å². The molecule has 2 aromatic carbocycles. The Morgan fingerprint density at radius 1 is 1.06 bits per heavy atom. The van der Waals surface area contributed by atoms with E-state index in [0.29, 0.717) is 5.92 Å². The molecule has 0 saturated heterocycles. The molecule has 0 radical (unpaired) electrons. The number of aryl methyl sites for hydroxylation is 2. The van der Waals surface area contributed by atoms with Crippen molar-refractivity contribution < 1.29 is 0 Å². The molecule has 6 rings (SSSR count). The zero-order valence-electron chi connectivity index (χ0n) is 18.9. The lowest BCUT2D eigenvalue weighted by molar-refractivity contribution is 0.427. The monoisotopic (exact) mass is 466 g/mol. The maximum absolute atomic E-state index is 4.74. The van der Waals surface area contributed by atoms with Gasteiger partial charge in [-0.15, -0.1) is 11.3 Å². The Morgan fingerprint density at radius 2 is 2.06 bits per heavy atom. The number of H-pyrrole nitrogens is 1. The molecule has 1 atom stereocenters. The number of nitrogens with zero attached hydrogens (tertiary/aromatic N) is 5. The fourth-order valence-corrected chi connectivity index (χ4v) is 5.86. The molecule has 7 heteroatoms. The van der Waals surface area contributed by atoms with E-state index >= 15 is 0 Å². The normalized spacial score (nSPS) is 15.4. The molecule has 6 nitrogen and oxygen atoms in total. The Morgan fingerprint density at radius 3 is 2.94 bits per heavy atom. The lowest BCUT2D eigenvalue weighted by Gasteiger charge is -2.24. The predicted molar refractivity (Wildman–Crippen MR) is 134 cm³/mol. The van der Waals surface area contributed by atoms with Gasteiger partial charge in [0, 0.05) is 35.5 Å². The number of rotatable bonds is 7. The van der Waals surface area contributed by atoms with Crippen LogP contribution in [-0.2, 0) is 25.7 Å². The molecule has 3 heterocycles. The highest BCUT2D eigenvalue weighted by atomic mass is 32.1. The number of fused-ring (bicyclic) bond motifs is 1. The Balaban J connectivity index is 1.07. The molecule has 1 aliphatic carbocycles. The number of benzene rings is 2. The van der Waals surface area contributed by atoms with Gasteiger partial charge in [0.2, 0.25) is 0 Å². The fraction of sp³-hybridized carbons (Fsp3) is 0.259. The van der Waals surface area contributed by atoms with Gasteiger partial charge in [0.1, 0.15) is 5.69 Å². The molecule has 0 spiro atoms. The first-order valence-electron chi connectivity index (χ1n) is 11.8. The molecular formula is C27H26N6S. The molecule has 0 amide bonds. The van der Waals surface area contributed by atoms with Crippen LogP contribution in [-0.4, -0.2) is 30.2 Å². The van der Waals surface area contributed by atoms with E-state index in [4.69, 9.17) is 4.98 Å². The van der Waals surface area contributed by atoms with Crippen molar-refractivity contribution in [1.82, 2.24) is 30.2 Å². The quantitative estimate of drug-likeness (QED) is 0.347. The first-order chi connectivity index (χ1) is 16.8. The smallest absolute Gasteiger partial charge is 0.112 e. The molecule has 0 bridgehead atoms. The third-order valence-electron chi connectivity index (χ3n) is 6.67. The third-order valence-corrected chi connectivity index (χ3v) is 7.73. The van der Waals surface area contributed by atoms with E-state index in [-0.39, 0.29) is 0 Å². The van der Waals surface area contributed by atoms with Crippen LogP contribution in [0.4, 0.5) is 0 Å². The van der Waals surface area contributed by atoms with Crippen LogP contribution in [0, 0.1) is 5.92 Å². The summed E-state index contributed by atoms with van der Waals surface area (Å²) < 4.78 is 1.90. The van der Waals surface area contributed by atoms with Crippen molar-refractivity contribution in [1.29, 1.82) is 0 Å². The number of thiazole rings is 1. The van der Waals surface area contributed by atoms with E-state index in [0.717, 1.165) is 42.6 Å². The van der Waals surface area contributed by atoms with E-state index in [1.165, 1.54) is 39.4 Å². The van der Waals surface area contributed by atoms with Gasteiger partial charge < -0.3 is 0 Å². The van der Waals surface area contributed by atoms with Gasteiger partial charge in [0.15, 0.2) is 0 Å². The highest BCUT2D eigenvalue weighted by Crippen LogP contribution is 2.32. The number of nitrogens with one attached hydrogen (secondary N) is 1. The van der Waals surface area contributed by atoms with Gasteiger partial charge >= 0.3 is 0 Å². The van der Waals surface area contributed by atoms with Gasteiger partial charge in [-0.1, -0.05) is 24.3 Å². The minimum Gasteiger partial charge on any atom is -0.249 e. The highest BCUT2D eigenvalue weighted by Gasteiger charge is 2.20. The van der Waals surface area contributed by atoms with Crippen molar-refractivity contribution in [2.24, 2.45) is 5.92 Å². The molecule has 3 aromatic heterocycles. The summed E-state index contributed by atoms with van der Waals surface area (Å²) in [6, 6.07) is 17.3. The first kappa shape index (κ1) is 21.0. The molecule has 1 unspecified atom stereocenters. The lowest BCUT2D eigenvalue weighted by Crippen LogP contribution is -2.15. The summed E-state index contributed by atoms with van der Waals surface area (Å²) in [5, 5.41) is 16.5. The first-order valence-corrected chi connectivity index (χ1v) is 12.6. The number of hydrogen-bond donors (Lipinski definition) is 1. The standard InChI is InChI=1S/C27H26N6S/c1-3-20(14-24(4-1)33-12-2-11-30-33)15-25-17-28-27(34-25)10-6-19-5-7-21-8-9-22(16-23(21)13-19)26-18-29-32-31-26/h1-4,8-9,11-12,14,16-19H,5-7,10,13,15H2,(H,29,31,32). The number of aromatic amines is 1. The Hall–Kier alpha value is -3.58. The van der Waals surface area contributed by atoms with Crippen molar-refractivity contribution in [3.63, 3.8) is 0 Å². The fourth-order valence-electron chi connectivity index (χ4n) is 4.88. The van der Waals surface area contributed by atoms with Crippen LogP contribution in [0.25, 0.3) is 16.9 Å². The summed E-state index contributed by atoms with van der Waals surface area (Å²) in [6.45, 7) is 0. The van der Waals surface area contributed by atoms with E-state index in [9.17, 15) is 0 Å². The second kappa shape index (κ2) is 9.35. The number of aromatic nitrogens is 6. The maximum Gasteiger partial charge on any atom is 0.112 e. The topological polar surface area (TPSA) is 72.3 Å². The SMILES string of the molecule is c1cc(Cc2cnc(CCC3CCc4ccc(-c5cn[nH]n5)cc4C3)s2)cc(-n2cccn2)c1. The minimum absolute atomic E-state index is 0.707. The molecule has 0 fully saturated rings. The summed E-state index contributed by atoms with van der Waals surface area (Å²) in [4.78, 5) is 6.06. The van der Waals surface area contributed by atoms with Crippen LogP contribution in [0.1, 0.15) is 39.4 Å². The van der Waals surface area contributed by atoms with Gasteiger partial charge in [-0.25, -0.2) is 9.67 Å². The molecule has 0 saturated carbocycles. The van der Waals surface area contributed by atoms with Crippen LogP contribution in [0.15, 0.2) is 73.3 Å². The van der Waals surface area contributed by atoms with Gasteiger partial charge in [0.05, 0.1) is 16.9 Å². The van der Waals surface area contributed by atoms with Gasteiger partial charge in [-0.3, -0.25) is 0 Å². The molecule has 1 aliphatic rings. The summed E-state index contributed by atoms with van der Waals surface area (Å²) >= 11 is 1.85. The Kier molecular flexibility index (Phi) is 5.77. The Bertz CT molecular complexity index is 1370. The van der Waals surface area contributed by atoms with Gasteiger partial charge in [-0.2, -0.15) is 20.5 Å². The van der Waals surface area contributed by atoms with E-state index in [1.807, 2.05) is 34.5 Å². The van der Waals surface area contributed by atoms with E-state index in [1.54, 1.807) is 6.20 Å². The van der Waals surface area contributed by atoms with Crippen molar-refractivity contribution in [2.45, 2.75) is 38.5 Å². The number of hydrogen-bond acceptors (Lipinski definition) is 5. The van der Waals surface area contributed by atoms with Crippen LogP contribution < -0.4 is 0 Å². The van der Waals surface area contributed by atoms with E-state index in [2.05, 4.69) is 69.2 Å². The predicted octanol–water partition coefficient (Wildman–Crippen LogP) is 5.44. The maximum atomic E-state index is 4.74. The van der Waals surface area contributed by atoms with Crippen molar-refractivity contribution in [3.05, 3.63) is 99.9 Å². The summed E-state index contributed by atoms with van der Waals surface area (Å²) in [7, 11) is 0. The molecule has 170 valence electrons. The van der Waals surface area contributed by atoms with Gasteiger partial charge in [0.25, 0.3) is 0 Å². The zero-order valence-corrected chi connectivity index (χ0v) is 19.7. The van der Waals surface area contributed by atoms with Crippen LogP contribution in [0.5, 0.6) is 0 Å².